The summed E-state index contributed by atoms with van der Waals surface area (Å²) in [6.45, 7) is 0. The topological polar surface area (TPSA) is 0 Å². The van der Waals surface area contributed by atoms with Crippen LogP contribution in [-0.4, -0.2) is 5.88 Å². The summed E-state index contributed by atoms with van der Waals surface area (Å²) in [6.07, 6.45) is -2.78. The zero-order valence-electron chi connectivity index (χ0n) is 11.4. The van der Waals surface area contributed by atoms with Gasteiger partial charge in [-0.05, 0) is 42.0 Å². The molecule has 0 aliphatic carbocycles. The van der Waals surface area contributed by atoms with Crippen LogP contribution in [0.5, 0.6) is 0 Å². The Bertz CT molecular complexity index is 546. The van der Waals surface area contributed by atoms with Crippen molar-refractivity contribution >= 4 is 11.6 Å². The summed E-state index contributed by atoms with van der Waals surface area (Å²) in [5.74, 6) is 0.696. The van der Waals surface area contributed by atoms with Crippen molar-refractivity contribution in [2.24, 2.45) is 5.92 Å². The second-order valence-electron chi connectivity index (χ2n) is 5.11. The van der Waals surface area contributed by atoms with Crippen molar-refractivity contribution in [3.8, 4) is 0 Å². The summed E-state index contributed by atoms with van der Waals surface area (Å²) in [5.41, 5.74) is 1.45. The highest BCUT2D eigenvalue weighted by Crippen LogP contribution is 2.29. The lowest BCUT2D eigenvalue weighted by molar-refractivity contribution is -0.137. The average Bonchev–Trinajstić information content (AvgIpc) is 2.47. The van der Waals surface area contributed by atoms with Gasteiger partial charge in [0.15, 0.2) is 0 Å². The van der Waals surface area contributed by atoms with Crippen LogP contribution in [0.25, 0.3) is 0 Å². The molecule has 4 heteroatoms. The highest BCUT2D eigenvalue weighted by molar-refractivity contribution is 6.18. The van der Waals surface area contributed by atoms with Gasteiger partial charge in [-0.2, -0.15) is 13.2 Å². The zero-order chi connectivity index (χ0) is 15.3. The maximum atomic E-state index is 12.5. The molecule has 112 valence electrons. The third-order valence-corrected chi connectivity index (χ3v) is 3.83. The van der Waals surface area contributed by atoms with Crippen LogP contribution in [0.2, 0.25) is 0 Å². The molecule has 0 heterocycles. The molecule has 0 bridgehead atoms. The molecule has 0 spiro atoms. The molecule has 0 saturated heterocycles. The molecule has 1 atom stereocenters. The fraction of sp³-hybridized carbons (Fsp3) is 0.294. The van der Waals surface area contributed by atoms with Crippen molar-refractivity contribution < 1.29 is 13.2 Å². The first-order valence-electron chi connectivity index (χ1n) is 6.75. The maximum Gasteiger partial charge on any atom is 0.416 e. The quantitative estimate of drug-likeness (QED) is 0.653. The van der Waals surface area contributed by atoms with E-state index in [1.54, 1.807) is 0 Å². The van der Waals surface area contributed by atoms with Crippen LogP contribution in [0.1, 0.15) is 16.7 Å². The van der Waals surface area contributed by atoms with Crippen molar-refractivity contribution in [1.29, 1.82) is 0 Å². The van der Waals surface area contributed by atoms with Crippen LogP contribution < -0.4 is 0 Å². The molecule has 0 aromatic heterocycles. The van der Waals surface area contributed by atoms with E-state index in [1.165, 1.54) is 17.7 Å². The van der Waals surface area contributed by atoms with Gasteiger partial charge in [0, 0.05) is 5.88 Å². The molecule has 0 saturated carbocycles. The molecule has 2 rings (SSSR count). The Morgan fingerprint density at radius 3 is 1.81 bits per heavy atom. The SMILES string of the molecule is FC(F)(F)c1ccc(CC(CCl)Cc2ccccc2)cc1. The second-order valence-corrected chi connectivity index (χ2v) is 5.42. The molecule has 2 aromatic rings. The minimum atomic E-state index is -4.28. The van der Waals surface area contributed by atoms with Gasteiger partial charge in [0.05, 0.1) is 5.56 Å². The van der Waals surface area contributed by atoms with Crippen LogP contribution >= 0.6 is 11.6 Å². The maximum absolute atomic E-state index is 12.5. The van der Waals surface area contributed by atoms with Crippen molar-refractivity contribution in [2.45, 2.75) is 19.0 Å². The molecular weight excluding hydrogens is 297 g/mol. The fourth-order valence-corrected chi connectivity index (χ4v) is 2.51. The van der Waals surface area contributed by atoms with E-state index < -0.39 is 11.7 Å². The highest BCUT2D eigenvalue weighted by Gasteiger charge is 2.29. The van der Waals surface area contributed by atoms with Crippen LogP contribution in [0.15, 0.2) is 54.6 Å². The number of alkyl halides is 4. The third kappa shape index (κ3) is 4.78. The van der Waals surface area contributed by atoms with Crippen LogP contribution in [0.3, 0.4) is 0 Å². The smallest absolute Gasteiger partial charge is 0.166 e. The van der Waals surface area contributed by atoms with Gasteiger partial charge in [0.2, 0.25) is 0 Å². The van der Waals surface area contributed by atoms with E-state index in [0.29, 0.717) is 12.3 Å². The standard InChI is InChI=1S/C17H16ClF3/c18-12-15(10-13-4-2-1-3-5-13)11-14-6-8-16(9-7-14)17(19,20)21/h1-9,15H,10-12H2. The second kappa shape index (κ2) is 6.99. The Kier molecular flexibility index (Phi) is 5.29. The Hall–Kier alpha value is -1.48. The Morgan fingerprint density at radius 1 is 0.810 bits per heavy atom. The zero-order valence-corrected chi connectivity index (χ0v) is 12.2. The molecule has 21 heavy (non-hydrogen) atoms. The lowest BCUT2D eigenvalue weighted by atomic mass is 9.93. The van der Waals surface area contributed by atoms with E-state index in [4.69, 9.17) is 11.6 Å². The van der Waals surface area contributed by atoms with E-state index in [0.717, 1.165) is 24.1 Å². The molecule has 2 aromatic carbocycles. The molecule has 0 N–H and O–H groups in total. The molecule has 0 radical (unpaired) electrons. The first-order valence-corrected chi connectivity index (χ1v) is 7.28. The van der Waals surface area contributed by atoms with E-state index in [2.05, 4.69) is 0 Å². The van der Waals surface area contributed by atoms with Crippen molar-refractivity contribution in [2.75, 3.05) is 5.88 Å². The molecule has 0 aliphatic heterocycles. The fourth-order valence-electron chi connectivity index (χ4n) is 2.29. The summed E-state index contributed by atoms with van der Waals surface area (Å²) < 4.78 is 37.5. The summed E-state index contributed by atoms with van der Waals surface area (Å²) >= 11 is 5.99. The Balaban J connectivity index is 2.02. The van der Waals surface area contributed by atoms with Crippen LogP contribution in [0, 0.1) is 5.92 Å². The number of hydrogen-bond acceptors (Lipinski definition) is 0. The summed E-state index contributed by atoms with van der Waals surface area (Å²) in [5, 5.41) is 0. The van der Waals surface area contributed by atoms with Gasteiger partial charge in [-0.25, -0.2) is 0 Å². The average molecular weight is 313 g/mol. The van der Waals surface area contributed by atoms with E-state index in [1.807, 2.05) is 30.3 Å². The molecule has 0 aliphatic rings. The number of benzene rings is 2. The first kappa shape index (κ1) is 15.9. The third-order valence-electron chi connectivity index (χ3n) is 3.39. The summed E-state index contributed by atoms with van der Waals surface area (Å²) in [6, 6.07) is 15.3. The summed E-state index contributed by atoms with van der Waals surface area (Å²) in [4.78, 5) is 0. The number of halogens is 4. The lowest BCUT2D eigenvalue weighted by Gasteiger charge is -2.15. The van der Waals surface area contributed by atoms with Crippen molar-refractivity contribution in [3.05, 3.63) is 71.3 Å². The molecule has 1 unspecified atom stereocenters. The monoisotopic (exact) mass is 312 g/mol. The Morgan fingerprint density at radius 2 is 1.33 bits per heavy atom. The van der Waals surface area contributed by atoms with Gasteiger partial charge >= 0.3 is 6.18 Å². The van der Waals surface area contributed by atoms with Gasteiger partial charge < -0.3 is 0 Å². The van der Waals surface area contributed by atoms with Gasteiger partial charge in [-0.15, -0.1) is 11.6 Å². The number of rotatable bonds is 5. The largest absolute Gasteiger partial charge is 0.416 e. The number of hydrogen-bond donors (Lipinski definition) is 0. The van der Waals surface area contributed by atoms with E-state index >= 15 is 0 Å². The van der Waals surface area contributed by atoms with Gasteiger partial charge in [0.1, 0.15) is 0 Å². The predicted octanol–water partition coefficient (Wildman–Crippen LogP) is 5.35. The minimum Gasteiger partial charge on any atom is -0.166 e. The van der Waals surface area contributed by atoms with Crippen molar-refractivity contribution in [3.63, 3.8) is 0 Å². The van der Waals surface area contributed by atoms with Crippen molar-refractivity contribution in [1.82, 2.24) is 0 Å². The molecular formula is C17H16ClF3. The normalized spacial score (nSPS) is 13.1. The first-order chi connectivity index (χ1) is 9.99. The molecule has 0 fully saturated rings. The van der Waals surface area contributed by atoms with Crippen LogP contribution in [-0.2, 0) is 19.0 Å². The van der Waals surface area contributed by atoms with E-state index in [-0.39, 0.29) is 5.92 Å². The van der Waals surface area contributed by atoms with Crippen LogP contribution in [0.4, 0.5) is 13.2 Å². The van der Waals surface area contributed by atoms with E-state index in [9.17, 15) is 13.2 Å². The molecule has 0 nitrogen and oxygen atoms in total. The lowest BCUT2D eigenvalue weighted by Crippen LogP contribution is -2.11. The summed E-state index contributed by atoms with van der Waals surface area (Å²) in [7, 11) is 0. The molecule has 0 amide bonds. The van der Waals surface area contributed by atoms with Gasteiger partial charge in [0.25, 0.3) is 0 Å². The highest BCUT2D eigenvalue weighted by atomic mass is 35.5. The van der Waals surface area contributed by atoms with Gasteiger partial charge in [-0.3, -0.25) is 0 Å². The Labute approximate surface area is 127 Å². The predicted molar refractivity (Wildman–Crippen MR) is 79.5 cm³/mol. The van der Waals surface area contributed by atoms with Gasteiger partial charge in [-0.1, -0.05) is 42.5 Å². The minimum absolute atomic E-state index is 0.214.